The van der Waals surface area contributed by atoms with E-state index in [4.69, 9.17) is 16.2 Å². The third kappa shape index (κ3) is 7.08. The van der Waals surface area contributed by atoms with E-state index in [0.29, 0.717) is 18.8 Å². The lowest BCUT2D eigenvalue weighted by molar-refractivity contribution is -0.117. The van der Waals surface area contributed by atoms with E-state index in [1.54, 1.807) is 24.3 Å². The molecule has 1 aromatic carbocycles. The third-order valence-corrected chi connectivity index (χ3v) is 3.07. The number of amides is 1. The number of ether oxygens (including phenoxy) is 1. The van der Waals surface area contributed by atoms with Crippen LogP contribution in [0.4, 0.5) is 0 Å². The van der Waals surface area contributed by atoms with Gasteiger partial charge in [-0.25, -0.2) is 0 Å². The monoisotopic (exact) mass is 295 g/mol. The second-order valence-corrected chi connectivity index (χ2v) is 5.72. The van der Waals surface area contributed by atoms with Crippen LogP contribution in [0.3, 0.4) is 0 Å². The number of aliphatic hydroxyl groups is 1. The molecule has 0 heterocycles. The van der Waals surface area contributed by atoms with Gasteiger partial charge in [0.1, 0.15) is 18.5 Å². The van der Waals surface area contributed by atoms with E-state index >= 15 is 0 Å². The Balaban J connectivity index is 2.36. The minimum Gasteiger partial charge on any atom is -0.491 e. The lowest BCUT2D eigenvalue weighted by Gasteiger charge is -2.26. The molecule has 21 heavy (non-hydrogen) atoms. The maximum atomic E-state index is 10.8. The third-order valence-electron chi connectivity index (χ3n) is 3.07. The number of benzene rings is 1. The summed E-state index contributed by atoms with van der Waals surface area (Å²) in [4.78, 5) is 10.8. The standard InChI is InChI=1S/C15H25N3O3/c1-15(2,10-16)18-8-12(19)9-21-13-5-3-11(4-6-13)7-14(17)20/h3-6,12,18-19H,7-10,16H2,1-2H3,(H2,17,20). The van der Waals surface area contributed by atoms with E-state index < -0.39 is 6.10 Å². The van der Waals surface area contributed by atoms with Crippen LogP contribution < -0.4 is 21.5 Å². The summed E-state index contributed by atoms with van der Waals surface area (Å²) < 4.78 is 5.49. The molecular formula is C15H25N3O3. The number of carbonyl (C=O) groups excluding carboxylic acids is 1. The lowest BCUT2D eigenvalue weighted by atomic mass is 10.1. The fourth-order valence-corrected chi connectivity index (χ4v) is 1.62. The first-order valence-corrected chi connectivity index (χ1v) is 6.95. The zero-order valence-corrected chi connectivity index (χ0v) is 12.6. The summed E-state index contributed by atoms with van der Waals surface area (Å²) in [5, 5.41) is 13.0. The Hall–Kier alpha value is -1.63. The Bertz CT molecular complexity index is 446. The largest absolute Gasteiger partial charge is 0.491 e. The second-order valence-electron chi connectivity index (χ2n) is 5.72. The first kappa shape index (κ1) is 17.4. The Kier molecular flexibility index (Phi) is 6.61. The average Bonchev–Trinajstić information content (AvgIpc) is 2.44. The number of hydrogen-bond acceptors (Lipinski definition) is 5. The lowest BCUT2D eigenvalue weighted by Crippen LogP contribution is -2.49. The van der Waals surface area contributed by atoms with Crippen LogP contribution in [0.2, 0.25) is 0 Å². The Morgan fingerprint density at radius 1 is 1.38 bits per heavy atom. The van der Waals surface area contributed by atoms with Gasteiger partial charge in [-0.1, -0.05) is 12.1 Å². The summed E-state index contributed by atoms with van der Waals surface area (Å²) in [6, 6.07) is 7.06. The highest BCUT2D eigenvalue weighted by Gasteiger charge is 2.16. The number of primary amides is 1. The van der Waals surface area contributed by atoms with Crippen LogP contribution in [0.25, 0.3) is 0 Å². The van der Waals surface area contributed by atoms with Gasteiger partial charge in [0.15, 0.2) is 0 Å². The van der Waals surface area contributed by atoms with Gasteiger partial charge in [-0.05, 0) is 31.5 Å². The number of nitrogens with two attached hydrogens (primary N) is 2. The number of nitrogens with one attached hydrogen (secondary N) is 1. The summed E-state index contributed by atoms with van der Waals surface area (Å²) in [6.07, 6.45) is -0.415. The molecule has 0 aliphatic carbocycles. The molecular weight excluding hydrogens is 270 g/mol. The van der Waals surface area contributed by atoms with Crippen molar-refractivity contribution in [1.82, 2.24) is 5.32 Å². The molecule has 0 fully saturated rings. The molecule has 6 nitrogen and oxygen atoms in total. The summed E-state index contributed by atoms with van der Waals surface area (Å²) in [6.45, 7) is 5.02. The van der Waals surface area contributed by atoms with Crippen molar-refractivity contribution in [3.05, 3.63) is 29.8 Å². The zero-order chi connectivity index (χ0) is 15.9. The fourth-order valence-electron chi connectivity index (χ4n) is 1.62. The van der Waals surface area contributed by atoms with Crippen molar-refractivity contribution in [2.24, 2.45) is 11.5 Å². The fraction of sp³-hybridized carbons (Fsp3) is 0.533. The molecule has 0 saturated heterocycles. The van der Waals surface area contributed by atoms with Gasteiger partial charge in [0.25, 0.3) is 0 Å². The Morgan fingerprint density at radius 3 is 2.52 bits per heavy atom. The molecule has 0 bridgehead atoms. The first-order chi connectivity index (χ1) is 9.82. The van der Waals surface area contributed by atoms with E-state index in [-0.39, 0.29) is 24.5 Å². The minimum atomic E-state index is -0.624. The van der Waals surface area contributed by atoms with Crippen molar-refractivity contribution in [3.63, 3.8) is 0 Å². The average molecular weight is 295 g/mol. The van der Waals surface area contributed by atoms with Crippen LogP contribution in [-0.4, -0.2) is 42.4 Å². The number of aliphatic hydroxyl groups excluding tert-OH is 1. The van der Waals surface area contributed by atoms with Crippen molar-refractivity contribution >= 4 is 5.91 Å². The molecule has 1 aromatic rings. The Labute approximate surface area is 125 Å². The maximum absolute atomic E-state index is 10.8. The predicted octanol–water partition coefficient (Wildman–Crippen LogP) is -0.219. The SMILES string of the molecule is CC(C)(CN)NCC(O)COc1ccc(CC(N)=O)cc1. The van der Waals surface area contributed by atoms with Crippen LogP contribution in [-0.2, 0) is 11.2 Å². The van der Waals surface area contributed by atoms with E-state index in [1.807, 2.05) is 13.8 Å². The molecule has 1 rings (SSSR count). The molecule has 118 valence electrons. The van der Waals surface area contributed by atoms with Crippen LogP contribution in [0, 0.1) is 0 Å². The second kappa shape index (κ2) is 7.97. The van der Waals surface area contributed by atoms with Gasteiger partial charge in [0.2, 0.25) is 5.91 Å². The first-order valence-electron chi connectivity index (χ1n) is 6.95. The van der Waals surface area contributed by atoms with Crippen LogP contribution in [0.1, 0.15) is 19.4 Å². The van der Waals surface area contributed by atoms with Gasteiger partial charge >= 0.3 is 0 Å². The zero-order valence-electron chi connectivity index (χ0n) is 12.6. The molecule has 0 radical (unpaired) electrons. The summed E-state index contributed by atoms with van der Waals surface area (Å²) >= 11 is 0. The number of β-amino-alcohol motifs (C(OH)–C–C–N with tert-alkyl or cyclic N) is 1. The van der Waals surface area contributed by atoms with Gasteiger partial charge in [-0.15, -0.1) is 0 Å². The highest BCUT2D eigenvalue weighted by molar-refractivity contribution is 5.76. The quantitative estimate of drug-likeness (QED) is 0.503. The van der Waals surface area contributed by atoms with Gasteiger partial charge < -0.3 is 26.6 Å². The minimum absolute atomic E-state index is 0.183. The molecule has 1 amide bonds. The smallest absolute Gasteiger partial charge is 0.221 e. The van der Waals surface area contributed by atoms with Crippen molar-refractivity contribution in [3.8, 4) is 5.75 Å². The number of hydrogen-bond donors (Lipinski definition) is 4. The molecule has 0 aromatic heterocycles. The Morgan fingerprint density at radius 2 is 2.00 bits per heavy atom. The van der Waals surface area contributed by atoms with E-state index in [0.717, 1.165) is 5.56 Å². The summed E-state index contributed by atoms with van der Waals surface area (Å²) in [5.74, 6) is 0.271. The molecule has 1 unspecified atom stereocenters. The predicted molar refractivity (Wildman–Crippen MR) is 82.0 cm³/mol. The molecule has 1 atom stereocenters. The summed E-state index contributed by atoms with van der Waals surface area (Å²) in [5.41, 5.74) is 11.3. The summed E-state index contributed by atoms with van der Waals surface area (Å²) in [7, 11) is 0. The van der Waals surface area contributed by atoms with Crippen molar-refractivity contribution in [1.29, 1.82) is 0 Å². The normalized spacial score (nSPS) is 13.0. The van der Waals surface area contributed by atoms with Gasteiger partial charge in [-0.3, -0.25) is 4.79 Å². The molecule has 0 saturated carbocycles. The van der Waals surface area contributed by atoms with Gasteiger partial charge in [0.05, 0.1) is 6.42 Å². The van der Waals surface area contributed by atoms with Gasteiger partial charge in [0, 0.05) is 18.6 Å². The van der Waals surface area contributed by atoms with E-state index in [9.17, 15) is 9.90 Å². The topological polar surface area (TPSA) is 111 Å². The van der Waals surface area contributed by atoms with Crippen molar-refractivity contribution in [2.45, 2.75) is 31.9 Å². The number of carbonyl (C=O) groups is 1. The highest BCUT2D eigenvalue weighted by atomic mass is 16.5. The molecule has 0 spiro atoms. The van der Waals surface area contributed by atoms with Crippen molar-refractivity contribution < 1.29 is 14.6 Å². The molecule has 6 N–H and O–H groups in total. The van der Waals surface area contributed by atoms with Crippen LogP contribution in [0.5, 0.6) is 5.75 Å². The molecule has 0 aliphatic heterocycles. The highest BCUT2D eigenvalue weighted by Crippen LogP contribution is 2.12. The van der Waals surface area contributed by atoms with Crippen LogP contribution >= 0.6 is 0 Å². The maximum Gasteiger partial charge on any atom is 0.221 e. The number of rotatable bonds is 9. The van der Waals surface area contributed by atoms with Crippen LogP contribution in [0.15, 0.2) is 24.3 Å². The van der Waals surface area contributed by atoms with E-state index in [2.05, 4.69) is 5.32 Å². The van der Waals surface area contributed by atoms with Gasteiger partial charge in [-0.2, -0.15) is 0 Å². The van der Waals surface area contributed by atoms with E-state index in [1.165, 1.54) is 0 Å². The molecule has 0 aliphatic rings. The molecule has 6 heteroatoms. The van der Waals surface area contributed by atoms with Crippen molar-refractivity contribution in [2.75, 3.05) is 19.7 Å².